The van der Waals surface area contributed by atoms with Crippen LogP contribution in [0, 0.1) is 5.92 Å². The SMILES string of the molecule is COC1C=c2ccc([C@H](C)C=O)cc2=CC1C. The van der Waals surface area contributed by atoms with Gasteiger partial charge in [0.2, 0.25) is 0 Å². The van der Waals surface area contributed by atoms with Crippen molar-refractivity contribution in [2.24, 2.45) is 5.92 Å². The molecule has 1 aromatic rings. The molecule has 1 aliphatic rings. The molecule has 0 heterocycles. The van der Waals surface area contributed by atoms with Gasteiger partial charge < -0.3 is 9.53 Å². The van der Waals surface area contributed by atoms with Gasteiger partial charge in [0.05, 0.1) is 6.10 Å². The first-order valence-corrected chi connectivity index (χ1v) is 5.97. The van der Waals surface area contributed by atoms with Crippen LogP contribution in [-0.4, -0.2) is 19.5 Å². The second-order valence-corrected chi connectivity index (χ2v) is 4.71. The lowest BCUT2D eigenvalue weighted by Gasteiger charge is -2.20. The van der Waals surface area contributed by atoms with Crippen molar-refractivity contribution >= 4 is 18.4 Å². The van der Waals surface area contributed by atoms with Crippen LogP contribution in [0.1, 0.15) is 25.3 Å². The van der Waals surface area contributed by atoms with Crippen molar-refractivity contribution in [2.45, 2.75) is 25.9 Å². The fraction of sp³-hybridized carbons (Fsp3) is 0.400. The number of fused-ring (bicyclic) bond motifs is 1. The zero-order valence-corrected chi connectivity index (χ0v) is 10.5. The Morgan fingerprint density at radius 1 is 1.29 bits per heavy atom. The number of methoxy groups -OCH3 is 1. The maximum atomic E-state index is 10.8. The largest absolute Gasteiger partial charge is 0.377 e. The van der Waals surface area contributed by atoms with Gasteiger partial charge in [-0.1, -0.05) is 38.1 Å². The highest BCUT2D eigenvalue weighted by atomic mass is 16.5. The van der Waals surface area contributed by atoms with Gasteiger partial charge in [-0.15, -0.1) is 0 Å². The molecule has 0 aromatic heterocycles. The van der Waals surface area contributed by atoms with E-state index in [0.29, 0.717) is 5.92 Å². The van der Waals surface area contributed by atoms with Crippen molar-refractivity contribution in [3.05, 3.63) is 34.2 Å². The van der Waals surface area contributed by atoms with Gasteiger partial charge in [0.1, 0.15) is 6.29 Å². The molecular formula is C15H18O2. The first-order chi connectivity index (χ1) is 8.15. The van der Waals surface area contributed by atoms with Gasteiger partial charge in [0.25, 0.3) is 0 Å². The van der Waals surface area contributed by atoms with Crippen LogP contribution in [0.25, 0.3) is 12.2 Å². The van der Waals surface area contributed by atoms with E-state index in [0.717, 1.165) is 11.8 Å². The van der Waals surface area contributed by atoms with E-state index < -0.39 is 0 Å². The summed E-state index contributed by atoms with van der Waals surface area (Å²) in [6.07, 6.45) is 5.49. The molecule has 2 heteroatoms. The molecule has 0 spiro atoms. The molecule has 2 unspecified atom stereocenters. The molecule has 0 radical (unpaired) electrons. The molecule has 1 aliphatic carbocycles. The second-order valence-electron chi connectivity index (χ2n) is 4.71. The van der Waals surface area contributed by atoms with Crippen LogP contribution in [-0.2, 0) is 9.53 Å². The molecule has 0 N–H and O–H groups in total. The first-order valence-electron chi connectivity index (χ1n) is 5.97. The third-order valence-electron chi connectivity index (χ3n) is 3.42. The lowest BCUT2D eigenvalue weighted by Crippen LogP contribution is -2.35. The molecule has 3 atom stereocenters. The fourth-order valence-electron chi connectivity index (χ4n) is 2.24. The van der Waals surface area contributed by atoms with Crippen LogP contribution >= 0.6 is 0 Å². The molecule has 2 rings (SSSR count). The number of ether oxygens (including phenoxy) is 1. The van der Waals surface area contributed by atoms with E-state index >= 15 is 0 Å². The van der Waals surface area contributed by atoms with Crippen LogP contribution in [0.2, 0.25) is 0 Å². The summed E-state index contributed by atoms with van der Waals surface area (Å²) in [5, 5.41) is 2.40. The number of hydrogen-bond acceptors (Lipinski definition) is 2. The second kappa shape index (κ2) is 4.84. The highest BCUT2D eigenvalue weighted by Gasteiger charge is 2.15. The van der Waals surface area contributed by atoms with Crippen LogP contribution in [0.4, 0.5) is 0 Å². The van der Waals surface area contributed by atoms with Crippen LogP contribution in [0.5, 0.6) is 0 Å². The third kappa shape index (κ3) is 2.32. The number of benzene rings is 1. The molecule has 0 saturated heterocycles. The Kier molecular flexibility index (Phi) is 3.43. The predicted octanol–water partition coefficient (Wildman–Crippen LogP) is 1.21. The summed E-state index contributed by atoms with van der Waals surface area (Å²) in [6, 6.07) is 6.19. The zero-order chi connectivity index (χ0) is 12.4. The predicted molar refractivity (Wildman–Crippen MR) is 69.1 cm³/mol. The van der Waals surface area contributed by atoms with Crippen molar-refractivity contribution in [3.8, 4) is 0 Å². The summed E-state index contributed by atoms with van der Waals surface area (Å²) < 4.78 is 5.42. The van der Waals surface area contributed by atoms with Gasteiger partial charge in [0, 0.05) is 18.9 Å². The fourth-order valence-corrected chi connectivity index (χ4v) is 2.24. The van der Waals surface area contributed by atoms with Crippen molar-refractivity contribution in [2.75, 3.05) is 7.11 Å². The average Bonchev–Trinajstić information content (AvgIpc) is 2.36. The third-order valence-corrected chi connectivity index (χ3v) is 3.42. The normalized spacial score (nSPS) is 24.2. The van der Waals surface area contributed by atoms with Crippen LogP contribution < -0.4 is 10.4 Å². The maximum absolute atomic E-state index is 10.8. The van der Waals surface area contributed by atoms with Crippen molar-refractivity contribution in [3.63, 3.8) is 0 Å². The number of hydrogen-bond donors (Lipinski definition) is 0. The molecule has 1 aromatic carbocycles. The number of rotatable bonds is 3. The van der Waals surface area contributed by atoms with Crippen molar-refractivity contribution in [1.29, 1.82) is 0 Å². The summed E-state index contributed by atoms with van der Waals surface area (Å²) in [5.74, 6) is 0.332. The molecule has 2 nitrogen and oxygen atoms in total. The molecule has 90 valence electrons. The van der Waals surface area contributed by atoms with Crippen molar-refractivity contribution in [1.82, 2.24) is 0 Å². The van der Waals surface area contributed by atoms with E-state index in [9.17, 15) is 4.79 Å². The summed E-state index contributed by atoms with van der Waals surface area (Å²) in [5.41, 5.74) is 1.08. The Bertz CT molecular complexity index is 530. The quantitative estimate of drug-likeness (QED) is 0.730. The van der Waals surface area contributed by atoms with Gasteiger partial charge in [-0.25, -0.2) is 0 Å². The van der Waals surface area contributed by atoms with E-state index in [1.54, 1.807) is 7.11 Å². The number of aldehydes is 1. The highest BCUT2D eigenvalue weighted by molar-refractivity contribution is 5.61. The molecule has 0 saturated carbocycles. The number of carbonyl (C=O) groups excluding carboxylic acids is 1. The van der Waals surface area contributed by atoms with E-state index in [1.165, 1.54) is 10.4 Å². The topological polar surface area (TPSA) is 26.3 Å². The molecule has 17 heavy (non-hydrogen) atoms. The Morgan fingerprint density at radius 2 is 2.06 bits per heavy atom. The van der Waals surface area contributed by atoms with E-state index in [2.05, 4.69) is 31.2 Å². The maximum Gasteiger partial charge on any atom is 0.127 e. The molecule has 0 fully saturated rings. The Morgan fingerprint density at radius 3 is 2.71 bits per heavy atom. The molecular weight excluding hydrogens is 212 g/mol. The zero-order valence-electron chi connectivity index (χ0n) is 10.5. The van der Waals surface area contributed by atoms with Crippen molar-refractivity contribution < 1.29 is 9.53 Å². The standard InChI is InChI=1S/C15H18O2/c1-10-6-14-7-12(11(2)9-16)4-5-13(14)8-15(10)17-3/h4-11,15H,1-3H3/t10?,11-,15?/m1/s1. The number of carbonyl (C=O) groups is 1. The minimum atomic E-state index is -0.0378. The average molecular weight is 230 g/mol. The van der Waals surface area contributed by atoms with E-state index in [4.69, 9.17) is 4.74 Å². The molecule has 0 aliphatic heterocycles. The minimum absolute atomic E-state index is 0.0378. The summed E-state index contributed by atoms with van der Waals surface area (Å²) in [6.45, 7) is 4.06. The Labute approximate surface area is 102 Å². The summed E-state index contributed by atoms with van der Waals surface area (Å²) in [7, 11) is 1.74. The lowest BCUT2D eigenvalue weighted by atomic mass is 9.93. The molecule has 0 bridgehead atoms. The van der Waals surface area contributed by atoms with Gasteiger partial charge in [-0.05, 0) is 22.1 Å². The minimum Gasteiger partial charge on any atom is -0.377 e. The van der Waals surface area contributed by atoms with Gasteiger partial charge in [-0.2, -0.15) is 0 Å². The van der Waals surface area contributed by atoms with E-state index in [1.807, 2.05) is 13.0 Å². The Balaban J connectivity index is 2.51. The monoisotopic (exact) mass is 230 g/mol. The molecule has 0 amide bonds. The first kappa shape index (κ1) is 12.1. The Hall–Kier alpha value is -1.41. The van der Waals surface area contributed by atoms with Gasteiger partial charge in [0.15, 0.2) is 0 Å². The van der Waals surface area contributed by atoms with Gasteiger partial charge >= 0.3 is 0 Å². The lowest BCUT2D eigenvalue weighted by molar-refractivity contribution is -0.108. The van der Waals surface area contributed by atoms with Crippen LogP contribution in [0.3, 0.4) is 0 Å². The smallest absolute Gasteiger partial charge is 0.127 e. The van der Waals surface area contributed by atoms with Gasteiger partial charge in [-0.3, -0.25) is 0 Å². The summed E-state index contributed by atoms with van der Waals surface area (Å²) >= 11 is 0. The summed E-state index contributed by atoms with van der Waals surface area (Å²) in [4.78, 5) is 10.8. The highest BCUT2D eigenvalue weighted by Crippen LogP contribution is 2.13. The van der Waals surface area contributed by atoms with Crippen LogP contribution in [0.15, 0.2) is 18.2 Å². The van der Waals surface area contributed by atoms with E-state index in [-0.39, 0.29) is 12.0 Å².